The summed E-state index contributed by atoms with van der Waals surface area (Å²) in [5.74, 6) is 0.921. The molecule has 2 aromatic rings. The first-order valence-electron chi connectivity index (χ1n) is 7.32. The van der Waals surface area contributed by atoms with Gasteiger partial charge >= 0.3 is 0 Å². The van der Waals surface area contributed by atoms with Gasteiger partial charge in [-0.2, -0.15) is 0 Å². The lowest BCUT2D eigenvalue weighted by molar-refractivity contribution is 0.376. The first-order valence-corrected chi connectivity index (χ1v) is 7.73. The van der Waals surface area contributed by atoms with Crippen LogP contribution in [0, 0.1) is 0 Å². The highest BCUT2D eigenvalue weighted by Gasteiger charge is 2.15. The average Bonchev–Trinajstić information content (AvgIpc) is 2.55. The summed E-state index contributed by atoms with van der Waals surface area (Å²) in [7, 11) is 3.72. The Morgan fingerprint density at radius 3 is 2.45 bits per heavy atom. The van der Waals surface area contributed by atoms with Gasteiger partial charge in [0.25, 0.3) is 0 Å². The molecule has 116 valence electrons. The van der Waals surface area contributed by atoms with E-state index in [-0.39, 0.29) is 6.04 Å². The lowest BCUT2D eigenvalue weighted by atomic mass is 10.1. The van der Waals surface area contributed by atoms with Gasteiger partial charge in [-0.15, -0.1) is 0 Å². The maximum Gasteiger partial charge on any atom is 0.173 e. The van der Waals surface area contributed by atoms with Gasteiger partial charge in [-0.05, 0) is 49.3 Å². The Kier molecular flexibility index (Phi) is 5.78. The molecule has 0 aliphatic carbocycles. The molecule has 0 radical (unpaired) electrons. The second-order valence-electron chi connectivity index (χ2n) is 5.27. The van der Waals surface area contributed by atoms with E-state index in [0.717, 1.165) is 17.9 Å². The van der Waals surface area contributed by atoms with Gasteiger partial charge in [0.1, 0.15) is 5.75 Å². The largest absolute Gasteiger partial charge is 0.496 e. The number of nitrogens with one attached hydrogen (secondary N) is 1. The Hall–Kier alpha value is -2.07. The van der Waals surface area contributed by atoms with Crippen molar-refractivity contribution in [3.8, 4) is 5.75 Å². The lowest BCUT2D eigenvalue weighted by Gasteiger charge is -2.28. The SMILES string of the molecule is COc1ccccc1CC(C)N(C)C(=S)Nc1ccccc1. The Balaban J connectivity index is 1.99. The van der Waals surface area contributed by atoms with Crippen LogP contribution in [0.2, 0.25) is 0 Å². The van der Waals surface area contributed by atoms with Crippen LogP contribution in [0.1, 0.15) is 12.5 Å². The second kappa shape index (κ2) is 7.80. The topological polar surface area (TPSA) is 24.5 Å². The van der Waals surface area contributed by atoms with Crippen LogP contribution in [-0.4, -0.2) is 30.2 Å². The summed E-state index contributed by atoms with van der Waals surface area (Å²) in [6.07, 6.45) is 0.872. The Bertz CT molecular complexity index is 615. The van der Waals surface area contributed by atoms with Gasteiger partial charge in [0, 0.05) is 18.8 Å². The molecular formula is C18H22N2OS. The van der Waals surface area contributed by atoms with Crippen LogP contribution < -0.4 is 10.1 Å². The Labute approximate surface area is 137 Å². The number of ether oxygens (including phenoxy) is 1. The highest BCUT2D eigenvalue weighted by atomic mass is 32.1. The molecule has 0 bridgehead atoms. The molecule has 0 aromatic heterocycles. The third-order valence-corrected chi connectivity index (χ3v) is 4.10. The molecule has 0 spiro atoms. The number of likely N-dealkylation sites (N-methyl/N-ethyl adjacent to an activating group) is 1. The third-order valence-electron chi connectivity index (χ3n) is 3.71. The van der Waals surface area contributed by atoms with Crippen molar-refractivity contribution in [3.63, 3.8) is 0 Å². The molecule has 0 amide bonds. The molecule has 0 aliphatic rings. The minimum absolute atomic E-state index is 0.264. The molecule has 2 aromatic carbocycles. The maximum atomic E-state index is 5.50. The summed E-state index contributed by atoms with van der Waals surface area (Å²) in [6, 6.07) is 18.3. The quantitative estimate of drug-likeness (QED) is 0.845. The fourth-order valence-corrected chi connectivity index (χ4v) is 2.56. The smallest absolute Gasteiger partial charge is 0.173 e. The molecule has 1 N–H and O–H groups in total. The van der Waals surface area contributed by atoms with Crippen molar-refractivity contribution in [2.45, 2.75) is 19.4 Å². The molecule has 3 nitrogen and oxygen atoms in total. The number of rotatable bonds is 5. The molecule has 1 unspecified atom stereocenters. The van der Waals surface area contributed by atoms with E-state index in [1.165, 1.54) is 5.56 Å². The predicted octanol–water partition coefficient (Wildman–Crippen LogP) is 3.96. The minimum Gasteiger partial charge on any atom is -0.496 e. The van der Waals surface area contributed by atoms with Gasteiger partial charge in [0.2, 0.25) is 0 Å². The molecule has 0 saturated carbocycles. The van der Waals surface area contributed by atoms with E-state index in [1.807, 2.05) is 55.6 Å². The molecule has 0 fully saturated rings. The van der Waals surface area contributed by atoms with Crippen LogP contribution in [0.15, 0.2) is 54.6 Å². The zero-order valence-corrected chi connectivity index (χ0v) is 14.1. The summed E-state index contributed by atoms with van der Waals surface area (Å²) in [5.41, 5.74) is 2.19. The van der Waals surface area contributed by atoms with Crippen molar-refractivity contribution >= 4 is 23.0 Å². The van der Waals surface area contributed by atoms with Crippen LogP contribution in [-0.2, 0) is 6.42 Å². The van der Waals surface area contributed by atoms with Crippen LogP contribution in [0.5, 0.6) is 5.75 Å². The summed E-state index contributed by atoms with van der Waals surface area (Å²) < 4.78 is 5.42. The van der Waals surface area contributed by atoms with Crippen molar-refractivity contribution in [1.82, 2.24) is 4.90 Å². The van der Waals surface area contributed by atoms with Gasteiger partial charge in [0.05, 0.1) is 7.11 Å². The van der Waals surface area contributed by atoms with E-state index >= 15 is 0 Å². The zero-order valence-electron chi connectivity index (χ0n) is 13.2. The van der Waals surface area contributed by atoms with Crippen LogP contribution in [0.25, 0.3) is 0 Å². The number of hydrogen-bond acceptors (Lipinski definition) is 2. The van der Waals surface area contributed by atoms with Crippen molar-refractivity contribution in [1.29, 1.82) is 0 Å². The summed E-state index contributed by atoms with van der Waals surface area (Å²) >= 11 is 5.50. The second-order valence-corrected chi connectivity index (χ2v) is 5.66. The number of para-hydroxylation sites is 2. The lowest BCUT2D eigenvalue weighted by Crippen LogP contribution is -2.39. The van der Waals surface area contributed by atoms with E-state index in [9.17, 15) is 0 Å². The van der Waals surface area contributed by atoms with Gasteiger partial charge in [-0.3, -0.25) is 0 Å². The summed E-state index contributed by atoms with van der Waals surface area (Å²) in [5, 5.41) is 3.98. The van der Waals surface area contributed by atoms with E-state index in [2.05, 4.69) is 23.2 Å². The number of nitrogens with zero attached hydrogens (tertiary/aromatic N) is 1. The predicted molar refractivity (Wildman–Crippen MR) is 96.6 cm³/mol. The number of anilines is 1. The Morgan fingerprint density at radius 1 is 1.14 bits per heavy atom. The number of thiocarbonyl (C=S) groups is 1. The maximum absolute atomic E-state index is 5.50. The molecule has 22 heavy (non-hydrogen) atoms. The molecular weight excluding hydrogens is 292 g/mol. The highest BCUT2D eigenvalue weighted by molar-refractivity contribution is 7.80. The van der Waals surface area contributed by atoms with Gasteiger partial charge in [-0.1, -0.05) is 36.4 Å². The first-order chi connectivity index (χ1) is 10.6. The summed E-state index contributed by atoms with van der Waals surface area (Å²) in [4.78, 5) is 2.08. The fraction of sp³-hybridized carbons (Fsp3) is 0.278. The summed E-state index contributed by atoms with van der Waals surface area (Å²) in [6.45, 7) is 2.16. The van der Waals surface area contributed by atoms with Gasteiger partial charge < -0.3 is 15.0 Å². The average molecular weight is 314 g/mol. The molecule has 1 atom stereocenters. The van der Waals surface area contributed by atoms with E-state index < -0.39 is 0 Å². The Morgan fingerprint density at radius 2 is 1.77 bits per heavy atom. The molecule has 2 rings (SSSR count). The number of hydrogen-bond donors (Lipinski definition) is 1. The van der Waals surface area contributed by atoms with Crippen LogP contribution >= 0.6 is 12.2 Å². The van der Waals surface area contributed by atoms with E-state index in [1.54, 1.807) is 7.11 Å². The van der Waals surface area contributed by atoms with Crippen LogP contribution in [0.3, 0.4) is 0 Å². The van der Waals surface area contributed by atoms with E-state index in [0.29, 0.717) is 5.11 Å². The van der Waals surface area contributed by atoms with Gasteiger partial charge in [-0.25, -0.2) is 0 Å². The molecule has 0 heterocycles. The molecule has 0 saturated heterocycles. The third kappa shape index (κ3) is 4.21. The fourth-order valence-electron chi connectivity index (χ4n) is 2.26. The number of benzene rings is 2. The van der Waals surface area contributed by atoms with Crippen molar-refractivity contribution in [2.75, 3.05) is 19.5 Å². The van der Waals surface area contributed by atoms with Crippen molar-refractivity contribution in [3.05, 3.63) is 60.2 Å². The standard InChI is InChI=1S/C18H22N2OS/c1-14(13-15-9-7-8-12-17(15)21-3)20(2)18(22)19-16-10-5-4-6-11-16/h4-12,14H,13H2,1-3H3,(H,19,22). The zero-order chi connectivity index (χ0) is 15.9. The van der Waals surface area contributed by atoms with Crippen molar-refractivity contribution < 1.29 is 4.74 Å². The van der Waals surface area contributed by atoms with Crippen molar-refractivity contribution in [2.24, 2.45) is 0 Å². The molecule has 4 heteroatoms. The normalized spacial score (nSPS) is 11.6. The highest BCUT2D eigenvalue weighted by Crippen LogP contribution is 2.20. The molecule has 0 aliphatic heterocycles. The van der Waals surface area contributed by atoms with Gasteiger partial charge in [0.15, 0.2) is 5.11 Å². The van der Waals surface area contributed by atoms with Crippen LogP contribution in [0.4, 0.5) is 5.69 Å². The monoisotopic (exact) mass is 314 g/mol. The van der Waals surface area contributed by atoms with E-state index in [4.69, 9.17) is 17.0 Å². The first kappa shape index (κ1) is 16.3. The minimum atomic E-state index is 0.264. The number of methoxy groups -OCH3 is 1.